The highest BCUT2D eigenvalue weighted by atomic mass is 16.2. The summed E-state index contributed by atoms with van der Waals surface area (Å²) in [6, 6.07) is 12.1. The van der Waals surface area contributed by atoms with Crippen molar-refractivity contribution in [2.24, 2.45) is 5.92 Å². The lowest BCUT2D eigenvalue weighted by molar-refractivity contribution is -0.117. The molecule has 7 heteroatoms. The molecule has 3 rings (SSSR count). The van der Waals surface area contributed by atoms with Crippen LogP contribution in [0.3, 0.4) is 0 Å². The lowest BCUT2D eigenvalue weighted by Crippen LogP contribution is -2.36. The van der Waals surface area contributed by atoms with Crippen molar-refractivity contribution in [1.82, 2.24) is 10.6 Å². The average Bonchev–Trinajstić information content (AvgIpc) is 3.54. The highest BCUT2D eigenvalue weighted by molar-refractivity contribution is 5.96. The van der Waals surface area contributed by atoms with Crippen LogP contribution in [0.25, 0.3) is 0 Å². The molecule has 0 heterocycles. The molecule has 1 fully saturated rings. The molecule has 4 amide bonds. The van der Waals surface area contributed by atoms with Crippen LogP contribution in [0.4, 0.5) is 16.2 Å². The number of urea groups is 1. The predicted molar refractivity (Wildman–Crippen MR) is 113 cm³/mol. The largest absolute Gasteiger partial charge is 0.350 e. The van der Waals surface area contributed by atoms with Crippen LogP contribution >= 0.6 is 0 Å². The molecule has 0 aromatic heterocycles. The number of amides is 4. The fourth-order valence-corrected chi connectivity index (χ4v) is 2.74. The SMILES string of the molecule is Cc1ccc(NC(=O)NCCNC(=O)c2ccc(NC(=O)C3CC3)cc2)cc1C. The minimum absolute atomic E-state index is 0.0346. The Morgan fingerprint density at radius 1 is 0.828 bits per heavy atom. The molecule has 1 aliphatic carbocycles. The fourth-order valence-electron chi connectivity index (χ4n) is 2.74. The number of nitrogens with one attached hydrogen (secondary N) is 4. The maximum absolute atomic E-state index is 12.2. The van der Waals surface area contributed by atoms with Gasteiger partial charge in [-0.15, -0.1) is 0 Å². The second kappa shape index (κ2) is 9.23. The number of hydrogen-bond acceptors (Lipinski definition) is 3. The van der Waals surface area contributed by atoms with E-state index in [1.165, 1.54) is 0 Å². The van der Waals surface area contributed by atoms with E-state index < -0.39 is 0 Å². The van der Waals surface area contributed by atoms with Gasteiger partial charge in [0.1, 0.15) is 0 Å². The van der Waals surface area contributed by atoms with Crippen molar-refractivity contribution in [2.45, 2.75) is 26.7 Å². The number of rotatable bonds is 7. The minimum Gasteiger partial charge on any atom is -0.350 e. The van der Waals surface area contributed by atoms with E-state index in [9.17, 15) is 14.4 Å². The van der Waals surface area contributed by atoms with Gasteiger partial charge >= 0.3 is 6.03 Å². The first-order valence-corrected chi connectivity index (χ1v) is 9.73. The van der Waals surface area contributed by atoms with Gasteiger partial charge in [-0.3, -0.25) is 9.59 Å². The maximum Gasteiger partial charge on any atom is 0.319 e. The molecule has 2 aromatic rings. The molecule has 1 aliphatic rings. The number of benzene rings is 2. The van der Waals surface area contributed by atoms with Gasteiger partial charge in [-0.05, 0) is 74.2 Å². The van der Waals surface area contributed by atoms with Crippen LogP contribution in [0.1, 0.15) is 34.3 Å². The summed E-state index contributed by atoms with van der Waals surface area (Å²) in [5, 5.41) is 11.1. The number of carbonyl (C=O) groups is 3. The molecule has 152 valence electrons. The lowest BCUT2D eigenvalue weighted by Gasteiger charge is -2.10. The molecule has 0 bridgehead atoms. The third-order valence-corrected chi connectivity index (χ3v) is 4.82. The zero-order valence-corrected chi connectivity index (χ0v) is 16.7. The Labute approximate surface area is 170 Å². The van der Waals surface area contributed by atoms with Crippen molar-refractivity contribution >= 4 is 29.2 Å². The van der Waals surface area contributed by atoms with E-state index in [4.69, 9.17) is 0 Å². The topological polar surface area (TPSA) is 99.3 Å². The summed E-state index contributed by atoms with van der Waals surface area (Å²) in [5.41, 5.74) is 4.17. The van der Waals surface area contributed by atoms with Crippen molar-refractivity contribution < 1.29 is 14.4 Å². The van der Waals surface area contributed by atoms with Crippen LogP contribution in [0.2, 0.25) is 0 Å². The van der Waals surface area contributed by atoms with E-state index in [2.05, 4.69) is 21.3 Å². The summed E-state index contributed by atoms with van der Waals surface area (Å²) in [4.78, 5) is 35.8. The average molecular weight is 394 g/mol. The summed E-state index contributed by atoms with van der Waals surface area (Å²) in [6.45, 7) is 4.61. The first-order valence-electron chi connectivity index (χ1n) is 9.73. The van der Waals surface area contributed by atoms with Crippen molar-refractivity contribution in [3.63, 3.8) is 0 Å². The molecule has 2 aromatic carbocycles. The monoisotopic (exact) mass is 394 g/mol. The van der Waals surface area contributed by atoms with Gasteiger partial charge in [-0.25, -0.2) is 4.79 Å². The Hall–Kier alpha value is -3.35. The van der Waals surface area contributed by atoms with E-state index in [1.807, 2.05) is 32.0 Å². The van der Waals surface area contributed by atoms with Crippen LogP contribution in [0.5, 0.6) is 0 Å². The molecule has 0 aliphatic heterocycles. The Balaban J connectivity index is 1.37. The van der Waals surface area contributed by atoms with Crippen molar-refractivity contribution in [2.75, 3.05) is 23.7 Å². The number of hydrogen-bond donors (Lipinski definition) is 4. The molecular formula is C22H26N4O3. The first-order chi connectivity index (χ1) is 13.9. The van der Waals surface area contributed by atoms with Gasteiger partial charge in [0.25, 0.3) is 5.91 Å². The van der Waals surface area contributed by atoms with Crippen LogP contribution in [0.15, 0.2) is 42.5 Å². The molecule has 29 heavy (non-hydrogen) atoms. The van der Waals surface area contributed by atoms with Gasteiger partial charge in [0.2, 0.25) is 5.91 Å². The molecule has 0 unspecified atom stereocenters. The summed E-state index contributed by atoms with van der Waals surface area (Å²) in [7, 11) is 0. The summed E-state index contributed by atoms with van der Waals surface area (Å²) >= 11 is 0. The molecule has 7 nitrogen and oxygen atoms in total. The van der Waals surface area contributed by atoms with Crippen LogP contribution < -0.4 is 21.3 Å². The van der Waals surface area contributed by atoms with Gasteiger partial charge in [-0.2, -0.15) is 0 Å². The van der Waals surface area contributed by atoms with Gasteiger partial charge in [0.05, 0.1) is 0 Å². The van der Waals surface area contributed by atoms with Gasteiger partial charge < -0.3 is 21.3 Å². The number of anilines is 2. The Kier molecular flexibility index (Phi) is 6.49. The van der Waals surface area contributed by atoms with E-state index in [0.29, 0.717) is 24.3 Å². The molecular weight excluding hydrogens is 368 g/mol. The van der Waals surface area contributed by atoms with Crippen LogP contribution in [0, 0.1) is 19.8 Å². The molecule has 1 saturated carbocycles. The zero-order chi connectivity index (χ0) is 20.8. The standard InChI is InChI=1S/C22H26N4O3/c1-14-3-8-19(13-15(14)2)26-22(29)24-12-11-23-20(27)16-6-9-18(10-7-16)25-21(28)17-4-5-17/h3,6-10,13,17H,4-5,11-12H2,1-2H3,(H,23,27)(H,25,28)(H2,24,26,29). The third kappa shape index (κ3) is 6.07. The Morgan fingerprint density at radius 3 is 2.14 bits per heavy atom. The first kappa shape index (κ1) is 20.4. The predicted octanol–water partition coefficient (Wildman–Crippen LogP) is 3.20. The minimum atomic E-state index is -0.321. The normalized spacial score (nSPS) is 12.8. The second-order valence-corrected chi connectivity index (χ2v) is 7.28. The molecule has 0 spiro atoms. The van der Waals surface area contributed by atoms with Crippen LogP contribution in [-0.2, 0) is 4.79 Å². The number of aryl methyl sites for hydroxylation is 2. The van der Waals surface area contributed by atoms with Crippen molar-refractivity contribution in [1.29, 1.82) is 0 Å². The summed E-state index contributed by atoms with van der Waals surface area (Å²) < 4.78 is 0. The number of carbonyl (C=O) groups excluding carboxylic acids is 3. The highest BCUT2D eigenvalue weighted by Gasteiger charge is 2.29. The summed E-state index contributed by atoms with van der Waals surface area (Å²) in [6.07, 6.45) is 1.89. The Bertz CT molecular complexity index is 905. The zero-order valence-electron chi connectivity index (χ0n) is 16.7. The van der Waals surface area contributed by atoms with E-state index in [1.54, 1.807) is 24.3 Å². The fraction of sp³-hybridized carbons (Fsp3) is 0.318. The second-order valence-electron chi connectivity index (χ2n) is 7.28. The molecule has 0 atom stereocenters. The lowest BCUT2D eigenvalue weighted by atomic mass is 10.1. The third-order valence-electron chi connectivity index (χ3n) is 4.82. The van der Waals surface area contributed by atoms with E-state index >= 15 is 0 Å². The van der Waals surface area contributed by atoms with Gasteiger partial charge in [0.15, 0.2) is 0 Å². The summed E-state index contributed by atoms with van der Waals surface area (Å²) in [5.74, 6) is -0.0634. The van der Waals surface area contributed by atoms with Crippen molar-refractivity contribution in [3.8, 4) is 0 Å². The van der Waals surface area contributed by atoms with E-state index in [-0.39, 0.29) is 23.8 Å². The van der Waals surface area contributed by atoms with Crippen molar-refractivity contribution in [3.05, 3.63) is 59.2 Å². The maximum atomic E-state index is 12.2. The highest BCUT2D eigenvalue weighted by Crippen LogP contribution is 2.30. The smallest absolute Gasteiger partial charge is 0.319 e. The van der Waals surface area contributed by atoms with Gasteiger partial charge in [0, 0.05) is 35.9 Å². The van der Waals surface area contributed by atoms with E-state index in [0.717, 1.165) is 29.7 Å². The quantitative estimate of drug-likeness (QED) is 0.543. The Morgan fingerprint density at radius 2 is 1.48 bits per heavy atom. The molecule has 4 N–H and O–H groups in total. The molecule has 0 saturated heterocycles. The van der Waals surface area contributed by atoms with Gasteiger partial charge in [-0.1, -0.05) is 6.07 Å². The molecule has 0 radical (unpaired) electrons. The van der Waals surface area contributed by atoms with Crippen LogP contribution in [-0.4, -0.2) is 30.9 Å².